The van der Waals surface area contributed by atoms with E-state index in [9.17, 15) is 9.59 Å². The van der Waals surface area contributed by atoms with Crippen molar-refractivity contribution in [1.82, 2.24) is 15.4 Å². The molecule has 1 aromatic heterocycles. The van der Waals surface area contributed by atoms with E-state index in [1.807, 2.05) is 20.8 Å². The van der Waals surface area contributed by atoms with Crippen molar-refractivity contribution in [1.29, 1.82) is 0 Å². The minimum atomic E-state index is -0.452. The Kier molecular flexibility index (Phi) is 3.99. The molecule has 2 unspecified atom stereocenters. The molecule has 6 nitrogen and oxygen atoms in total. The summed E-state index contributed by atoms with van der Waals surface area (Å²) in [5.74, 6) is 0.418. The van der Waals surface area contributed by atoms with Crippen molar-refractivity contribution in [3.8, 4) is 0 Å². The predicted molar refractivity (Wildman–Crippen MR) is 68.1 cm³/mol. The highest BCUT2D eigenvalue weighted by Crippen LogP contribution is 2.18. The molecule has 0 bridgehead atoms. The fraction of sp³-hybridized carbons (Fsp3) is 0.615. The lowest BCUT2D eigenvalue weighted by Gasteiger charge is -2.21. The Morgan fingerprint density at radius 1 is 1.58 bits per heavy atom. The van der Waals surface area contributed by atoms with E-state index in [0.29, 0.717) is 12.3 Å². The SMILES string of the molecule is CCC(C)N1C(=O)CC(NCc2cc(C)no2)C1=O. The molecule has 2 amide bonds. The Balaban J connectivity index is 1.95. The number of likely N-dealkylation sites (tertiary alicyclic amines) is 1. The lowest BCUT2D eigenvalue weighted by atomic mass is 10.2. The Labute approximate surface area is 112 Å². The second-order valence-corrected chi connectivity index (χ2v) is 4.93. The number of amides is 2. The maximum Gasteiger partial charge on any atom is 0.247 e. The maximum atomic E-state index is 12.1. The van der Waals surface area contributed by atoms with Crippen molar-refractivity contribution in [2.45, 2.75) is 52.2 Å². The van der Waals surface area contributed by atoms with Crippen LogP contribution in [-0.4, -0.2) is 34.0 Å². The van der Waals surface area contributed by atoms with Crippen LogP contribution in [0.15, 0.2) is 10.6 Å². The van der Waals surface area contributed by atoms with Crippen molar-refractivity contribution in [3.63, 3.8) is 0 Å². The van der Waals surface area contributed by atoms with Crippen LogP contribution < -0.4 is 5.32 Å². The highest BCUT2D eigenvalue weighted by atomic mass is 16.5. The molecular formula is C13H19N3O3. The lowest BCUT2D eigenvalue weighted by molar-refractivity contribution is -0.141. The van der Waals surface area contributed by atoms with Crippen LogP contribution in [-0.2, 0) is 16.1 Å². The lowest BCUT2D eigenvalue weighted by Crippen LogP contribution is -2.42. The van der Waals surface area contributed by atoms with Gasteiger partial charge in [-0.25, -0.2) is 0 Å². The first-order chi connectivity index (χ1) is 9.02. The summed E-state index contributed by atoms with van der Waals surface area (Å²) < 4.78 is 5.06. The summed E-state index contributed by atoms with van der Waals surface area (Å²) in [6.07, 6.45) is 0.988. The number of aromatic nitrogens is 1. The van der Waals surface area contributed by atoms with E-state index in [-0.39, 0.29) is 24.3 Å². The van der Waals surface area contributed by atoms with Gasteiger partial charge in [0.1, 0.15) is 0 Å². The molecule has 1 saturated heterocycles. The summed E-state index contributed by atoms with van der Waals surface area (Å²) >= 11 is 0. The molecule has 0 saturated carbocycles. The second-order valence-electron chi connectivity index (χ2n) is 4.93. The first-order valence-electron chi connectivity index (χ1n) is 6.54. The van der Waals surface area contributed by atoms with E-state index in [4.69, 9.17) is 4.52 Å². The number of carbonyl (C=O) groups excluding carboxylic acids is 2. The van der Waals surface area contributed by atoms with Crippen LogP contribution in [0.3, 0.4) is 0 Å². The molecule has 2 heterocycles. The van der Waals surface area contributed by atoms with E-state index in [2.05, 4.69) is 10.5 Å². The van der Waals surface area contributed by atoms with E-state index in [1.165, 1.54) is 4.90 Å². The summed E-state index contributed by atoms with van der Waals surface area (Å²) in [7, 11) is 0. The number of rotatable bonds is 5. The maximum absolute atomic E-state index is 12.1. The zero-order valence-electron chi connectivity index (χ0n) is 11.5. The predicted octanol–water partition coefficient (Wildman–Crippen LogP) is 0.999. The third-order valence-electron chi connectivity index (χ3n) is 3.41. The van der Waals surface area contributed by atoms with Gasteiger partial charge in [-0.2, -0.15) is 0 Å². The van der Waals surface area contributed by atoms with Gasteiger partial charge in [-0.15, -0.1) is 0 Å². The number of nitrogens with one attached hydrogen (secondary N) is 1. The highest BCUT2D eigenvalue weighted by molar-refractivity contribution is 6.05. The van der Waals surface area contributed by atoms with Gasteiger partial charge >= 0.3 is 0 Å². The fourth-order valence-electron chi connectivity index (χ4n) is 2.18. The molecule has 19 heavy (non-hydrogen) atoms. The zero-order valence-corrected chi connectivity index (χ0v) is 11.5. The average molecular weight is 265 g/mol. The molecule has 6 heteroatoms. The Bertz CT molecular complexity index is 483. The fourth-order valence-corrected chi connectivity index (χ4v) is 2.18. The standard InChI is InChI=1S/C13H19N3O3/c1-4-9(3)16-12(17)6-11(13(16)18)14-7-10-5-8(2)15-19-10/h5,9,11,14H,4,6-7H2,1-3H3. The largest absolute Gasteiger partial charge is 0.360 e. The van der Waals surface area contributed by atoms with Gasteiger partial charge in [0, 0.05) is 12.1 Å². The molecule has 1 fully saturated rings. The van der Waals surface area contributed by atoms with Gasteiger partial charge in [0.2, 0.25) is 11.8 Å². The smallest absolute Gasteiger partial charge is 0.247 e. The molecule has 0 aromatic carbocycles. The molecule has 0 spiro atoms. The average Bonchev–Trinajstić information content (AvgIpc) is 2.90. The van der Waals surface area contributed by atoms with Crippen molar-refractivity contribution >= 4 is 11.8 Å². The van der Waals surface area contributed by atoms with Crippen molar-refractivity contribution in [2.75, 3.05) is 0 Å². The number of imide groups is 1. The quantitative estimate of drug-likeness (QED) is 0.804. The number of hydrogen-bond donors (Lipinski definition) is 1. The molecule has 1 N–H and O–H groups in total. The van der Waals surface area contributed by atoms with Crippen molar-refractivity contribution in [2.24, 2.45) is 0 Å². The molecule has 1 aliphatic rings. The van der Waals surface area contributed by atoms with Gasteiger partial charge in [0.05, 0.1) is 24.7 Å². The minimum absolute atomic E-state index is 0.0423. The van der Waals surface area contributed by atoms with Crippen LogP contribution >= 0.6 is 0 Å². The minimum Gasteiger partial charge on any atom is -0.360 e. The summed E-state index contributed by atoms with van der Waals surface area (Å²) in [4.78, 5) is 25.3. The Hall–Kier alpha value is -1.69. The van der Waals surface area contributed by atoms with E-state index >= 15 is 0 Å². The van der Waals surface area contributed by atoms with Crippen LogP contribution in [0.2, 0.25) is 0 Å². The monoisotopic (exact) mass is 265 g/mol. The summed E-state index contributed by atoms with van der Waals surface area (Å²) in [6.45, 7) is 6.09. The van der Waals surface area contributed by atoms with Crippen molar-refractivity contribution < 1.29 is 14.1 Å². The third-order valence-corrected chi connectivity index (χ3v) is 3.41. The molecule has 2 atom stereocenters. The molecule has 0 radical (unpaired) electrons. The van der Waals surface area contributed by atoms with Gasteiger partial charge in [0.15, 0.2) is 5.76 Å². The van der Waals surface area contributed by atoms with Crippen LogP contribution in [0.4, 0.5) is 0 Å². The molecule has 1 aliphatic heterocycles. The molecule has 0 aliphatic carbocycles. The molecular weight excluding hydrogens is 246 g/mol. The normalized spacial score (nSPS) is 21.2. The number of hydrogen-bond acceptors (Lipinski definition) is 5. The van der Waals surface area contributed by atoms with Gasteiger partial charge in [-0.3, -0.25) is 19.8 Å². The summed E-state index contributed by atoms with van der Waals surface area (Å²) in [5.41, 5.74) is 0.798. The molecule has 1 aromatic rings. The molecule has 104 valence electrons. The van der Waals surface area contributed by atoms with E-state index in [0.717, 1.165) is 12.1 Å². The Morgan fingerprint density at radius 3 is 2.89 bits per heavy atom. The summed E-state index contributed by atoms with van der Waals surface area (Å²) in [6, 6.07) is 1.31. The third kappa shape index (κ3) is 2.84. The van der Waals surface area contributed by atoms with E-state index < -0.39 is 6.04 Å². The second kappa shape index (κ2) is 5.52. The van der Waals surface area contributed by atoms with Gasteiger partial charge < -0.3 is 4.52 Å². The van der Waals surface area contributed by atoms with Crippen molar-refractivity contribution in [3.05, 3.63) is 17.5 Å². The van der Waals surface area contributed by atoms with Crippen LogP contribution in [0.1, 0.15) is 38.1 Å². The number of aryl methyl sites for hydroxylation is 1. The van der Waals surface area contributed by atoms with Crippen LogP contribution in [0, 0.1) is 6.92 Å². The van der Waals surface area contributed by atoms with E-state index in [1.54, 1.807) is 6.07 Å². The number of nitrogens with zero attached hydrogens (tertiary/aromatic N) is 2. The highest BCUT2D eigenvalue weighted by Gasteiger charge is 2.40. The van der Waals surface area contributed by atoms with Gasteiger partial charge in [-0.05, 0) is 20.3 Å². The molecule has 2 rings (SSSR count). The van der Waals surface area contributed by atoms with Gasteiger partial charge in [0.25, 0.3) is 0 Å². The Morgan fingerprint density at radius 2 is 2.32 bits per heavy atom. The van der Waals surface area contributed by atoms with Crippen LogP contribution in [0.25, 0.3) is 0 Å². The van der Waals surface area contributed by atoms with Gasteiger partial charge in [-0.1, -0.05) is 12.1 Å². The van der Waals surface area contributed by atoms with Crippen LogP contribution in [0.5, 0.6) is 0 Å². The summed E-state index contributed by atoms with van der Waals surface area (Å²) in [5, 5.41) is 6.83. The first kappa shape index (κ1) is 13.7. The first-order valence-corrected chi connectivity index (χ1v) is 6.54. The number of carbonyl (C=O) groups is 2. The topological polar surface area (TPSA) is 75.4 Å². The zero-order chi connectivity index (χ0) is 14.0.